The molecule has 0 saturated carbocycles. The van der Waals surface area contributed by atoms with Crippen LogP contribution in [0.25, 0.3) is 0 Å². The summed E-state index contributed by atoms with van der Waals surface area (Å²) < 4.78 is 43.8. The quantitative estimate of drug-likeness (QED) is 0.851. The maximum absolute atomic E-state index is 13.0. The van der Waals surface area contributed by atoms with E-state index < -0.39 is 23.2 Å². The molecule has 0 radical (unpaired) electrons. The van der Waals surface area contributed by atoms with Crippen molar-refractivity contribution in [2.75, 3.05) is 11.9 Å². The van der Waals surface area contributed by atoms with Crippen LogP contribution < -0.4 is 4.90 Å². The Morgan fingerprint density at radius 2 is 1.86 bits per heavy atom. The maximum Gasteiger partial charge on any atom is 0.417 e. The fraction of sp³-hybridized carbons (Fsp3) is 0.286. The first-order chi connectivity index (χ1) is 9.73. The number of aryl methyl sites for hydroxylation is 2. The van der Waals surface area contributed by atoms with Crippen LogP contribution in [0.15, 0.2) is 28.8 Å². The highest BCUT2D eigenvalue weighted by Gasteiger charge is 2.36. The molecule has 0 fully saturated rings. The zero-order chi connectivity index (χ0) is 15.8. The minimum absolute atomic E-state index is 0.368. The van der Waals surface area contributed by atoms with E-state index in [1.54, 1.807) is 13.8 Å². The summed E-state index contributed by atoms with van der Waals surface area (Å²) in [4.78, 5) is 13.5. The van der Waals surface area contributed by atoms with Crippen molar-refractivity contribution >= 4 is 11.6 Å². The van der Waals surface area contributed by atoms with Gasteiger partial charge in [0.15, 0.2) is 5.76 Å². The van der Waals surface area contributed by atoms with E-state index >= 15 is 0 Å². The van der Waals surface area contributed by atoms with Crippen LogP contribution in [-0.2, 0) is 6.18 Å². The summed E-state index contributed by atoms with van der Waals surface area (Å²) in [5, 5.41) is 3.69. The van der Waals surface area contributed by atoms with E-state index in [9.17, 15) is 18.0 Å². The van der Waals surface area contributed by atoms with Crippen molar-refractivity contribution < 1.29 is 22.5 Å². The summed E-state index contributed by atoms with van der Waals surface area (Å²) in [5.41, 5.74) is -0.564. The van der Waals surface area contributed by atoms with Gasteiger partial charge in [-0.05, 0) is 26.0 Å². The van der Waals surface area contributed by atoms with Crippen LogP contribution >= 0.6 is 0 Å². The SMILES string of the molecule is Cc1noc(C)c1N(C)C(=O)c1ccccc1C(F)(F)F. The summed E-state index contributed by atoms with van der Waals surface area (Å²) in [6.45, 7) is 3.21. The van der Waals surface area contributed by atoms with Crippen LogP contribution in [0.5, 0.6) is 0 Å². The number of hydrogen-bond acceptors (Lipinski definition) is 3. The molecular formula is C14H13F3N2O2. The van der Waals surface area contributed by atoms with Crippen molar-refractivity contribution in [2.45, 2.75) is 20.0 Å². The second kappa shape index (κ2) is 5.23. The number of amides is 1. The van der Waals surface area contributed by atoms with Gasteiger partial charge in [-0.3, -0.25) is 4.79 Å². The Morgan fingerprint density at radius 1 is 1.24 bits per heavy atom. The van der Waals surface area contributed by atoms with Gasteiger partial charge in [0.05, 0.1) is 11.1 Å². The molecule has 1 heterocycles. The lowest BCUT2D eigenvalue weighted by Gasteiger charge is -2.19. The summed E-state index contributed by atoms with van der Waals surface area (Å²) in [7, 11) is 1.39. The molecular weight excluding hydrogens is 285 g/mol. The second-order valence-corrected chi connectivity index (χ2v) is 4.58. The molecule has 2 rings (SSSR count). The monoisotopic (exact) mass is 298 g/mol. The number of carbonyl (C=O) groups is 1. The third-order valence-corrected chi connectivity index (χ3v) is 3.10. The first kappa shape index (κ1) is 15.1. The Labute approximate surface area is 119 Å². The molecule has 1 aromatic carbocycles. The molecule has 0 atom stereocenters. The summed E-state index contributed by atoms with van der Waals surface area (Å²) >= 11 is 0. The van der Waals surface area contributed by atoms with Crippen molar-refractivity contribution in [3.63, 3.8) is 0 Å². The van der Waals surface area contributed by atoms with Gasteiger partial charge < -0.3 is 9.42 Å². The predicted molar refractivity (Wildman–Crippen MR) is 70.2 cm³/mol. The fourth-order valence-electron chi connectivity index (χ4n) is 2.16. The molecule has 0 N–H and O–H groups in total. The number of carbonyl (C=O) groups excluding carboxylic acids is 1. The van der Waals surface area contributed by atoms with Crippen molar-refractivity contribution in [1.29, 1.82) is 0 Å². The van der Waals surface area contributed by atoms with E-state index in [-0.39, 0.29) is 0 Å². The molecule has 0 aliphatic carbocycles. The van der Waals surface area contributed by atoms with Gasteiger partial charge in [0.25, 0.3) is 5.91 Å². The number of rotatable bonds is 2. The van der Waals surface area contributed by atoms with Crippen LogP contribution in [0.1, 0.15) is 27.4 Å². The summed E-state index contributed by atoms with van der Waals surface area (Å²) in [5.74, 6) is -0.398. The molecule has 0 aliphatic heterocycles. The Hall–Kier alpha value is -2.31. The lowest BCUT2D eigenvalue weighted by Crippen LogP contribution is -2.29. The normalized spacial score (nSPS) is 11.5. The van der Waals surface area contributed by atoms with E-state index in [2.05, 4.69) is 5.16 Å². The average molecular weight is 298 g/mol. The molecule has 2 aromatic rings. The smallest absolute Gasteiger partial charge is 0.359 e. The minimum atomic E-state index is -4.59. The molecule has 0 aliphatic rings. The van der Waals surface area contributed by atoms with Gasteiger partial charge in [-0.2, -0.15) is 13.2 Å². The highest BCUT2D eigenvalue weighted by atomic mass is 19.4. The number of alkyl halides is 3. The Kier molecular flexibility index (Phi) is 3.76. The average Bonchev–Trinajstić information content (AvgIpc) is 2.75. The second-order valence-electron chi connectivity index (χ2n) is 4.58. The summed E-state index contributed by atoms with van der Waals surface area (Å²) in [6.07, 6.45) is -4.59. The van der Waals surface area contributed by atoms with Crippen LogP contribution in [-0.4, -0.2) is 18.1 Å². The maximum atomic E-state index is 13.0. The number of aromatic nitrogens is 1. The number of benzene rings is 1. The van der Waals surface area contributed by atoms with E-state index in [4.69, 9.17) is 4.52 Å². The number of nitrogens with zero attached hydrogens (tertiary/aromatic N) is 2. The number of hydrogen-bond donors (Lipinski definition) is 0. The van der Waals surface area contributed by atoms with Crippen LogP contribution in [0.2, 0.25) is 0 Å². The highest BCUT2D eigenvalue weighted by molar-refractivity contribution is 6.07. The molecule has 0 unspecified atom stereocenters. The van der Waals surface area contributed by atoms with Gasteiger partial charge in [0, 0.05) is 7.05 Å². The van der Waals surface area contributed by atoms with Gasteiger partial charge in [0.1, 0.15) is 11.4 Å². The Morgan fingerprint density at radius 3 is 2.38 bits per heavy atom. The fourth-order valence-corrected chi connectivity index (χ4v) is 2.16. The first-order valence-corrected chi connectivity index (χ1v) is 6.10. The van der Waals surface area contributed by atoms with Crippen LogP contribution in [0.4, 0.5) is 18.9 Å². The van der Waals surface area contributed by atoms with E-state index in [1.807, 2.05) is 0 Å². The van der Waals surface area contributed by atoms with E-state index in [0.29, 0.717) is 17.1 Å². The number of halogens is 3. The lowest BCUT2D eigenvalue weighted by atomic mass is 10.1. The molecule has 1 amide bonds. The van der Waals surface area contributed by atoms with Gasteiger partial charge in [-0.25, -0.2) is 0 Å². The van der Waals surface area contributed by atoms with Crippen molar-refractivity contribution in [3.05, 3.63) is 46.8 Å². The molecule has 112 valence electrons. The Bertz CT molecular complexity index is 658. The zero-order valence-electron chi connectivity index (χ0n) is 11.7. The van der Waals surface area contributed by atoms with Gasteiger partial charge in [-0.1, -0.05) is 17.3 Å². The van der Waals surface area contributed by atoms with Crippen molar-refractivity contribution in [3.8, 4) is 0 Å². The highest BCUT2D eigenvalue weighted by Crippen LogP contribution is 2.33. The third kappa shape index (κ3) is 2.76. The van der Waals surface area contributed by atoms with Gasteiger partial charge in [0.2, 0.25) is 0 Å². The van der Waals surface area contributed by atoms with Gasteiger partial charge in [-0.15, -0.1) is 0 Å². The molecule has 4 nitrogen and oxygen atoms in total. The molecule has 7 heteroatoms. The van der Waals surface area contributed by atoms with E-state index in [0.717, 1.165) is 17.0 Å². The lowest BCUT2D eigenvalue weighted by molar-refractivity contribution is -0.137. The van der Waals surface area contributed by atoms with E-state index in [1.165, 1.54) is 19.2 Å². The van der Waals surface area contributed by atoms with Crippen LogP contribution in [0, 0.1) is 13.8 Å². The number of anilines is 1. The van der Waals surface area contributed by atoms with Crippen LogP contribution in [0.3, 0.4) is 0 Å². The zero-order valence-corrected chi connectivity index (χ0v) is 11.7. The standard InChI is InChI=1S/C14H13F3N2O2/c1-8-12(9(2)21-18-8)19(3)13(20)10-6-4-5-7-11(10)14(15,16)17/h4-7H,1-3H3. The molecule has 1 aromatic heterocycles. The minimum Gasteiger partial charge on any atom is -0.359 e. The summed E-state index contributed by atoms with van der Waals surface area (Å²) in [6, 6.07) is 4.67. The van der Waals surface area contributed by atoms with Gasteiger partial charge >= 0.3 is 6.18 Å². The predicted octanol–water partition coefficient (Wildman–Crippen LogP) is 3.59. The Balaban J connectivity index is 2.46. The molecule has 0 bridgehead atoms. The largest absolute Gasteiger partial charge is 0.417 e. The van der Waals surface area contributed by atoms with Crippen molar-refractivity contribution in [1.82, 2.24) is 5.16 Å². The third-order valence-electron chi connectivity index (χ3n) is 3.10. The topological polar surface area (TPSA) is 46.3 Å². The van der Waals surface area contributed by atoms with Crippen molar-refractivity contribution in [2.24, 2.45) is 0 Å². The molecule has 21 heavy (non-hydrogen) atoms. The first-order valence-electron chi connectivity index (χ1n) is 6.10. The molecule has 0 spiro atoms. The molecule has 0 saturated heterocycles.